The first-order valence-corrected chi connectivity index (χ1v) is 9.56. The highest BCUT2D eigenvalue weighted by atomic mass is 32.1. The average Bonchev–Trinajstić information content (AvgIpc) is 3.03. The second-order valence-corrected chi connectivity index (χ2v) is 7.43. The minimum atomic E-state index is -4.58. The highest BCUT2D eigenvalue weighted by Gasteiger charge is 2.31. The predicted octanol–water partition coefficient (Wildman–Crippen LogP) is 4.67. The largest absolute Gasteiger partial charge is 0.480 e. The number of nitrogens with zero attached hydrogens (tertiary/aromatic N) is 2. The highest BCUT2D eigenvalue weighted by molar-refractivity contribution is 7.16. The molecule has 1 aromatic heterocycles. The van der Waals surface area contributed by atoms with E-state index in [1.165, 1.54) is 17.6 Å². The van der Waals surface area contributed by atoms with Crippen LogP contribution in [-0.4, -0.2) is 21.6 Å². The van der Waals surface area contributed by atoms with Gasteiger partial charge in [0.05, 0.1) is 15.8 Å². The molecular formula is C20H17F3N2O3S. The Labute approximate surface area is 167 Å². The molecule has 0 aliphatic carbocycles. The lowest BCUT2D eigenvalue weighted by molar-refractivity contribution is -0.140. The van der Waals surface area contributed by atoms with Gasteiger partial charge in [0.2, 0.25) is 0 Å². The standard InChI is InChI=1S/C20H17F3N2O3S/c1-3-12-7-8-15-16(9-12)29-19(25(15)11(2)18(27)28)24-17(26)13-5-4-6-14(10-13)20(21,22)23/h4-11H,3H2,1-2H3,(H,27,28)/b24-19-. The van der Waals surface area contributed by atoms with E-state index in [0.717, 1.165) is 46.2 Å². The van der Waals surface area contributed by atoms with Gasteiger partial charge in [-0.05, 0) is 49.2 Å². The number of aliphatic carboxylic acids is 1. The van der Waals surface area contributed by atoms with E-state index in [0.29, 0.717) is 5.52 Å². The van der Waals surface area contributed by atoms with Gasteiger partial charge in [-0.3, -0.25) is 4.79 Å². The number of hydrogen-bond donors (Lipinski definition) is 1. The quantitative estimate of drug-likeness (QED) is 0.664. The van der Waals surface area contributed by atoms with Crippen LogP contribution in [-0.2, 0) is 17.4 Å². The van der Waals surface area contributed by atoms with Gasteiger partial charge in [0.1, 0.15) is 6.04 Å². The molecule has 2 aromatic carbocycles. The summed E-state index contributed by atoms with van der Waals surface area (Å²) in [7, 11) is 0. The number of carboxylic acids is 1. The normalized spacial score (nSPS) is 13.6. The molecule has 3 aromatic rings. The summed E-state index contributed by atoms with van der Waals surface area (Å²) in [5, 5.41) is 9.45. The molecule has 1 heterocycles. The summed E-state index contributed by atoms with van der Waals surface area (Å²) in [5.41, 5.74) is 0.456. The molecule has 1 amide bonds. The summed E-state index contributed by atoms with van der Waals surface area (Å²) < 4.78 is 40.9. The summed E-state index contributed by atoms with van der Waals surface area (Å²) in [4.78, 5) is 28.2. The number of benzene rings is 2. The molecule has 9 heteroatoms. The molecule has 5 nitrogen and oxygen atoms in total. The molecule has 3 rings (SSSR count). The zero-order valence-electron chi connectivity index (χ0n) is 15.5. The minimum absolute atomic E-state index is 0.116. The van der Waals surface area contributed by atoms with Crippen molar-refractivity contribution in [3.05, 3.63) is 64.0 Å². The fourth-order valence-electron chi connectivity index (χ4n) is 2.85. The van der Waals surface area contributed by atoms with Crippen molar-refractivity contribution in [1.29, 1.82) is 0 Å². The molecule has 0 fully saturated rings. The second-order valence-electron chi connectivity index (χ2n) is 6.42. The number of halogens is 3. The van der Waals surface area contributed by atoms with E-state index in [2.05, 4.69) is 4.99 Å². The molecule has 152 valence electrons. The lowest BCUT2D eigenvalue weighted by Gasteiger charge is -2.10. The zero-order valence-corrected chi connectivity index (χ0v) is 16.3. The van der Waals surface area contributed by atoms with Gasteiger partial charge in [-0.25, -0.2) is 4.79 Å². The summed E-state index contributed by atoms with van der Waals surface area (Å²) in [6.07, 6.45) is -3.81. The highest BCUT2D eigenvalue weighted by Crippen LogP contribution is 2.29. The van der Waals surface area contributed by atoms with E-state index in [9.17, 15) is 27.9 Å². The number of aryl methyl sites for hydroxylation is 1. The van der Waals surface area contributed by atoms with Crippen molar-refractivity contribution in [3.63, 3.8) is 0 Å². The van der Waals surface area contributed by atoms with Crippen LogP contribution in [0, 0.1) is 0 Å². The number of alkyl halides is 3. The van der Waals surface area contributed by atoms with Gasteiger partial charge in [0, 0.05) is 5.56 Å². The fourth-order valence-corrected chi connectivity index (χ4v) is 4.01. The molecule has 1 N–H and O–H groups in total. The average molecular weight is 422 g/mol. The number of rotatable bonds is 4. The maximum absolute atomic E-state index is 12.9. The Balaban J connectivity index is 2.17. The lowest BCUT2D eigenvalue weighted by Crippen LogP contribution is -2.25. The summed E-state index contributed by atoms with van der Waals surface area (Å²) in [6, 6.07) is 8.49. The zero-order chi connectivity index (χ0) is 21.3. The van der Waals surface area contributed by atoms with Crippen LogP contribution in [0.25, 0.3) is 10.2 Å². The van der Waals surface area contributed by atoms with Crippen molar-refractivity contribution in [1.82, 2.24) is 4.57 Å². The monoisotopic (exact) mass is 422 g/mol. The van der Waals surface area contributed by atoms with Crippen LogP contribution in [0.5, 0.6) is 0 Å². The van der Waals surface area contributed by atoms with Crippen LogP contribution in [0.1, 0.15) is 41.4 Å². The number of aromatic nitrogens is 1. The van der Waals surface area contributed by atoms with Gasteiger partial charge >= 0.3 is 12.1 Å². The van der Waals surface area contributed by atoms with Crippen molar-refractivity contribution in [2.24, 2.45) is 4.99 Å². The number of hydrogen-bond acceptors (Lipinski definition) is 3. The van der Waals surface area contributed by atoms with Gasteiger partial charge in [-0.15, -0.1) is 0 Å². The maximum atomic E-state index is 12.9. The first kappa shape index (κ1) is 20.8. The molecular weight excluding hydrogens is 405 g/mol. The number of carbonyl (C=O) groups is 2. The predicted molar refractivity (Wildman–Crippen MR) is 103 cm³/mol. The smallest absolute Gasteiger partial charge is 0.416 e. The SMILES string of the molecule is CCc1ccc2c(c1)s/c(=N\C(=O)c1cccc(C(F)(F)F)c1)n2C(C)C(=O)O. The molecule has 0 radical (unpaired) electrons. The first-order valence-electron chi connectivity index (χ1n) is 8.75. The van der Waals surface area contributed by atoms with Crippen molar-refractivity contribution < 1.29 is 27.9 Å². The Hall–Kier alpha value is -2.94. The van der Waals surface area contributed by atoms with E-state index in [1.807, 2.05) is 19.1 Å². The van der Waals surface area contributed by atoms with Crippen LogP contribution in [0.3, 0.4) is 0 Å². The Bertz CT molecular complexity index is 1160. The van der Waals surface area contributed by atoms with Gasteiger partial charge in [0.25, 0.3) is 5.91 Å². The van der Waals surface area contributed by atoms with Crippen molar-refractivity contribution in [2.45, 2.75) is 32.5 Å². The van der Waals surface area contributed by atoms with E-state index < -0.39 is 29.7 Å². The molecule has 1 unspecified atom stereocenters. The summed E-state index contributed by atoms with van der Waals surface area (Å²) >= 11 is 1.12. The van der Waals surface area contributed by atoms with Gasteiger partial charge < -0.3 is 9.67 Å². The molecule has 1 atom stereocenters. The molecule has 0 bridgehead atoms. The molecule has 0 saturated carbocycles. The van der Waals surface area contributed by atoms with Crippen molar-refractivity contribution in [2.75, 3.05) is 0 Å². The van der Waals surface area contributed by atoms with Crippen molar-refractivity contribution in [3.8, 4) is 0 Å². The Morgan fingerprint density at radius 3 is 2.55 bits per heavy atom. The van der Waals surface area contributed by atoms with Crippen LogP contribution in [0.2, 0.25) is 0 Å². The third-order valence-corrected chi connectivity index (χ3v) is 5.50. The van der Waals surface area contributed by atoms with Gasteiger partial charge in [0.15, 0.2) is 4.80 Å². The third-order valence-electron chi connectivity index (χ3n) is 4.48. The Morgan fingerprint density at radius 2 is 1.93 bits per heavy atom. The lowest BCUT2D eigenvalue weighted by atomic mass is 10.1. The molecule has 0 spiro atoms. The number of carbonyl (C=O) groups excluding carboxylic acids is 1. The van der Waals surface area contributed by atoms with Crippen LogP contribution < -0.4 is 4.80 Å². The van der Waals surface area contributed by atoms with E-state index in [4.69, 9.17) is 0 Å². The molecule has 0 aliphatic heterocycles. The maximum Gasteiger partial charge on any atom is 0.416 e. The molecule has 0 aliphatic rings. The van der Waals surface area contributed by atoms with Crippen LogP contribution in [0.4, 0.5) is 13.2 Å². The number of thiazole rings is 1. The van der Waals surface area contributed by atoms with Crippen LogP contribution >= 0.6 is 11.3 Å². The number of fused-ring (bicyclic) bond motifs is 1. The van der Waals surface area contributed by atoms with E-state index >= 15 is 0 Å². The molecule has 29 heavy (non-hydrogen) atoms. The number of carboxylic acid groups (broad SMARTS) is 1. The fraction of sp³-hybridized carbons (Fsp3) is 0.250. The Morgan fingerprint density at radius 1 is 1.21 bits per heavy atom. The summed E-state index contributed by atoms with van der Waals surface area (Å²) in [6.45, 7) is 3.43. The van der Waals surface area contributed by atoms with Gasteiger partial charge in [-0.2, -0.15) is 18.2 Å². The van der Waals surface area contributed by atoms with E-state index in [1.54, 1.807) is 6.07 Å². The van der Waals surface area contributed by atoms with Crippen molar-refractivity contribution >= 4 is 33.4 Å². The minimum Gasteiger partial charge on any atom is -0.480 e. The Kier molecular flexibility index (Phi) is 5.61. The second kappa shape index (κ2) is 7.82. The van der Waals surface area contributed by atoms with Crippen LogP contribution in [0.15, 0.2) is 47.5 Å². The van der Waals surface area contributed by atoms with E-state index in [-0.39, 0.29) is 10.4 Å². The molecule has 0 saturated heterocycles. The summed E-state index contributed by atoms with van der Waals surface area (Å²) in [5.74, 6) is -1.98. The third kappa shape index (κ3) is 4.24. The first-order chi connectivity index (χ1) is 13.6. The van der Waals surface area contributed by atoms with Gasteiger partial charge in [-0.1, -0.05) is 30.4 Å². The topological polar surface area (TPSA) is 71.7 Å². The number of amides is 1.